The summed E-state index contributed by atoms with van der Waals surface area (Å²) in [5.41, 5.74) is 0. The molecule has 0 amide bonds. The van der Waals surface area contributed by atoms with Crippen LogP contribution in [0.1, 0.15) is 32.1 Å². The molecule has 0 aromatic heterocycles. The van der Waals surface area contributed by atoms with Crippen LogP contribution in [0.2, 0.25) is 0 Å². The minimum Gasteiger partial charge on any atom is -0.376 e. The van der Waals surface area contributed by atoms with Crippen LogP contribution in [0.15, 0.2) is 0 Å². The lowest BCUT2D eigenvalue weighted by Crippen LogP contribution is -2.28. The molecule has 2 unspecified atom stereocenters. The summed E-state index contributed by atoms with van der Waals surface area (Å²) in [6, 6.07) is 0. The molecule has 82 valence electrons. The van der Waals surface area contributed by atoms with E-state index in [0.717, 1.165) is 13.2 Å². The Bertz CT molecular complexity index is 171. The van der Waals surface area contributed by atoms with Crippen LogP contribution < -0.4 is 5.32 Å². The van der Waals surface area contributed by atoms with Crippen molar-refractivity contribution in [2.75, 3.05) is 20.2 Å². The Morgan fingerprint density at radius 1 is 1.21 bits per heavy atom. The monoisotopic (exact) mass is 199 g/mol. The highest BCUT2D eigenvalue weighted by Crippen LogP contribution is 2.25. The Kier molecular flexibility index (Phi) is 3.79. The lowest BCUT2D eigenvalue weighted by Gasteiger charge is -2.26. The second-order valence-corrected chi connectivity index (χ2v) is 4.40. The molecule has 1 aliphatic heterocycles. The highest BCUT2D eigenvalue weighted by Gasteiger charge is 2.26. The summed E-state index contributed by atoms with van der Waals surface area (Å²) in [5, 5.41) is 3.15. The number of hydrogen-bond acceptors (Lipinski definition) is 3. The van der Waals surface area contributed by atoms with E-state index in [1.165, 1.54) is 32.1 Å². The zero-order valence-electron chi connectivity index (χ0n) is 9.00. The molecule has 0 radical (unpaired) electrons. The maximum atomic E-state index is 5.83. The number of rotatable bonds is 5. The zero-order chi connectivity index (χ0) is 9.80. The number of hydrogen-bond donors (Lipinski definition) is 1. The number of nitrogens with one attached hydrogen (secondary N) is 1. The first kappa shape index (κ1) is 10.4. The predicted octanol–water partition coefficient (Wildman–Crippen LogP) is 1.32. The number of likely N-dealkylation sites (N-methyl/N-ethyl adjacent to an activating group) is 1. The van der Waals surface area contributed by atoms with Crippen LogP contribution in [0.25, 0.3) is 0 Å². The zero-order valence-corrected chi connectivity index (χ0v) is 9.00. The van der Waals surface area contributed by atoms with Crippen molar-refractivity contribution >= 4 is 0 Å². The Balaban J connectivity index is 1.58. The third-order valence-corrected chi connectivity index (χ3v) is 3.20. The third kappa shape index (κ3) is 2.69. The fourth-order valence-corrected chi connectivity index (χ4v) is 2.06. The van der Waals surface area contributed by atoms with Gasteiger partial charge in [-0.25, -0.2) is 0 Å². The van der Waals surface area contributed by atoms with Crippen molar-refractivity contribution in [3.05, 3.63) is 0 Å². The molecule has 2 rings (SSSR count). The van der Waals surface area contributed by atoms with Crippen molar-refractivity contribution in [1.82, 2.24) is 5.32 Å². The van der Waals surface area contributed by atoms with Gasteiger partial charge < -0.3 is 14.8 Å². The molecule has 2 atom stereocenters. The van der Waals surface area contributed by atoms with Crippen molar-refractivity contribution in [2.24, 2.45) is 0 Å². The first-order valence-corrected chi connectivity index (χ1v) is 5.80. The van der Waals surface area contributed by atoms with Crippen LogP contribution in [0.3, 0.4) is 0 Å². The van der Waals surface area contributed by atoms with E-state index in [4.69, 9.17) is 9.47 Å². The SMILES string of the molecule is CNCC1CCC(COC2CCC2)O1. The first-order valence-electron chi connectivity index (χ1n) is 5.80. The van der Waals surface area contributed by atoms with E-state index in [2.05, 4.69) is 5.32 Å². The van der Waals surface area contributed by atoms with E-state index >= 15 is 0 Å². The fraction of sp³-hybridized carbons (Fsp3) is 1.00. The lowest BCUT2D eigenvalue weighted by atomic mass is 9.96. The first-order chi connectivity index (χ1) is 6.88. The molecule has 2 aliphatic rings. The van der Waals surface area contributed by atoms with Crippen molar-refractivity contribution in [1.29, 1.82) is 0 Å². The van der Waals surface area contributed by atoms with Gasteiger partial charge in [0.1, 0.15) is 0 Å². The molecule has 2 fully saturated rings. The maximum absolute atomic E-state index is 5.83. The van der Waals surface area contributed by atoms with Crippen molar-refractivity contribution in [3.8, 4) is 0 Å². The summed E-state index contributed by atoms with van der Waals surface area (Å²) < 4.78 is 11.6. The average molecular weight is 199 g/mol. The fourth-order valence-electron chi connectivity index (χ4n) is 2.06. The summed E-state index contributed by atoms with van der Waals surface area (Å²) >= 11 is 0. The van der Waals surface area contributed by atoms with Crippen LogP contribution in [-0.4, -0.2) is 38.5 Å². The van der Waals surface area contributed by atoms with E-state index in [0.29, 0.717) is 18.3 Å². The molecule has 1 N–H and O–H groups in total. The average Bonchev–Trinajstić information content (AvgIpc) is 2.51. The minimum absolute atomic E-state index is 0.356. The standard InChI is InChI=1S/C11H21NO2/c1-12-7-10-5-6-11(14-10)8-13-9-3-2-4-9/h9-12H,2-8H2,1H3. The van der Waals surface area contributed by atoms with Gasteiger partial charge in [-0.2, -0.15) is 0 Å². The van der Waals surface area contributed by atoms with Crippen molar-refractivity contribution < 1.29 is 9.47 Å². The van der Waals surface area contributed by atoms with E-state index in [1.807, 2.05) is 7.05 Å². The summed E-state index contributed by atoms with van der Waals surface area (Å²) in [4.78, 5) is 0. The van der Waals surface area contributed by atoms with Gasteiger partial charge in [-0.1, -0.05) is 0 Å². The van der Waals surface area contributed by atoms with E-state index in [9.17, 15) is 0 Å². The van der Waals surface area contributed by atoms with Gasteiger partial charge >= 0.3 is 0 Å². The number of ether oxygens (including phenoxy) is 2. The molecule has 1 saturated carbocycles. The van der Waals surface area contributed by atoms with E-state index in [1.54, 1.807) is 0 Å². The van der Waals surface area contributed by atoms with Gasteiger partial charge in [0.25, 0.3) is 0 Å². The quantitative estimate of drug-likeness (QED) is 0.724. The van der Waals surface area contributed by atoms with Crippen LogP contribution in [0.4, 0.5) is 0 Å². The Morgan fingerprint density at radius 3 is 2.64 bits per heavy atom. The Morgan fingerprint density at radius 2 is 2.00 bits per heavy atom. The molecule has 1 aliphatic carbocycles. The second-order valence-electron chi connectivity index (χ2n) is 4.40. The minimum atomic E-state index is 0.356. The molecule has 0 aromatic carbocycles. The highest BCUT2D eigenvalue weighted by atomic mass is 16.5. The molecule has 14 heavy (non-hydrogen) atoms. The van der Waals surface area contributed by atoms with Gasteiger partial charge in [0, 0.05) is 6.54 Å². The molecule has 0 bridgehead atoms. The largest absolute Gasteiger partial charge is 0.376 e. The van der Waals surface area contributed by atoms with E-state index in [-0.39, 0.29) is 0 Å². The van der Waals surface area contributed by atoms with E-state index < -0.39 is 0 Å². The van der Waals surface area contributed by atoms with Gasteiger partial charge in [-0.05, 0) is 39.2 Å². The topological polar surface area (TPSA) is 30.5 Å². The molecule has 3 nitrogen and oxygen atoms in total. The van der Waals surface area contributed by atoms with Crippen molar-refractivity contribution in [3.63, 3.8) is 0 Å². The second kappa shape index (κ2) is 5.10. The normalized spacial score (nSPS) is 33.2. The van der Waals surface area contributed by atoms with Crippen LogP contribution in [0.5, 0.6) is 0 Å². The van der Waals surface area contributed by atoms with Crippen LogP contribution >= 0.6 is 0 Å². The summed E-state index contributed by atoms with van der Waals surface area (Å²) in [6.45, 7) is 1.78. The van der Waals surface area contributed by atoms with Crippen molar-refractivity contribution in [2.45, 2.75) is 50.4 Å². The van der Waals surface area contributed by atoms with Gasteiger partial charge in [0.2, 0.25) is 0 Å². The molecule has 1 saturated heterocycles. The van der Waals surface area contributed by atoms with Crippen LogP contribution in [-0.2, 0) is 9.47 Å². The summed E-state index contributed by atoms with van der Waals surface area (Å²) in [6.07, 6.45) is 7.52. The van der Waals surface area contributed by atoms with Gasteiger partial charge in [0.15, 0.2) is 0 Å². The molecule has 0 spiro atoms. The predicted molar refractivity (Wildman–Crippen MR) is 55.4 cm³/mol. The molecular weight excluding hydrogens is 178 g/mol. The van der Waals surface area contributed by atoms with Gasteiger partial charge in [0.05, 0.1) is 24.9 Å². The summed E-state index contributed by atoms with van der Waals surface area (Å²) in [7, 11) is 1.97. The highest BCUT2D eigenvalue weighted by molar-refractivity contribution is 4.76. The summed E-state index contributed by atoms with van der Waals surface area (Å²) in [5.74, 6) is 0. The smallest absolute Gasteiger partial charge is 0.0814 e. The molecular formula is C11H21NO2. The molecule has 3 heteroatoms. The van der Waals surface area contributed by atoms with Gasteiger partial charge in [-0.3, -0.25) is 0 Å². The molecule has 1 heterocycles. The molecule has 0 aromatic rings. The maximum Gasteiger partial charge on any atom is 0.0814 e. The van der Waals surface area contributed by atoms with Crippen LogP contribution in [0, 0.1) is 0 Å². The lowest BCUT2D eigenvalue weighted by molar-refractivity contribution is -0.0624. The Labute approximate surface area is 86.2 Å². The Hall–Kier alpha value is -0.120. The third-order valence-electron chi connectivity index (χ3n) is 3.20. The van der Waals surface area contributed by atoms with Gasteiger partial charge in [-0.15, -0.1) is 0 Å².